The van der Waals surface area contributed by atoms with Crippen molar-refractivity contribution in [2.24, 2.45) is 5.92 Å². The van der Waals surface area contributed by atoms with Crippen LogP contribution >= 0.6 is 15.9 Å². The first-order valence-corrected chi connectivity index (χ1v) is 11.4. The standard InChI is InChI=1S/C20H22BrFN2O4S/c1-13-3-6-18(28-2)19(11-13)29(26,27)24-9-7-14(8-10-24)20(25)23-17-5-4-15(21)12-16(17)22/h3-6,11-12,14H,7-10H2,1-2H3,(H,23,25). The molecule has 0 aliphatic carbocycles. The molecule has 0 spiro atoms. The summed E-state index contributed by atoms with van der Waals surface area (Å²) in [5.41, 5.74) is 0.924. The van der Waals surface area contributed by atoms with E-state index >= 15 is 0 Å². The molecule has 1 aliphatic rings. The van der Waals surface area contributed by atoms with Gasteiger partial charge in [0, 0.05) is 23.5 Å². The third-order valence-electron chi connectivity index (χ3n) is 4.95. The molecule has 0 aromatic heterocycles. The molecule has 29 heavy (non-hydrogen) atoms. The molecular formula is C20H22BrFN2O4S. The first-order chi connectivity index (χ1) is 13.7. The van der Waals surface area contributed by atoms with Gasteiger partial charge in [-0.1, -0.05) is 22.0 Å². The maximum Gasteiger partial charge on any atom is 0.246 e. The van der Waals surface area contributed by atoms with Gasteiger partial charge in [0.15, 0.2) is 0 Å². The van der Waals surface area contributed by atoms with E-state index < -0.39 is 15.8 Å². The summed E-state index contributed by atoms with van der Waals surface area (Å²) in [6.45, 7) is 2.23. The number of hydrogen-bond donors (Lipinski definition) is 1. The minimum Gasteiger partial charge on any atom is -0.495 e. The van der Waals surface area contributed by atoms with Crippen LogP contribution in [0.25, 0.3) is 0 Å². The average molecular weight is 485 g/mol. The smallest absolute Gasteiger partial charge is 0.246 e. The highest BCUT2D eigenvalue weighted by Gasteiger charge is 2.34. The normalized spacial score (nSPS) is 15.9. The summed E-state index contributed by atoms with van der Waals surface area (Å²) in [5, 5.41) is 2.60. The molecule has 0 radical (unpaired) electrons. The van der Waals surface area contributed by atoms with Crippen molar-refractivity contribution >= 4 is 37.5 Å². The minimum absolute atomic E-state index is 0.109. The number of aryl methyl sites for hydroxylation is 1. The number of hydrogen-bond acceptors (Lipinski definition) is 4. The molecule has 0 unspecified atom stereocenters. The highest BCUT2D eigenvalue weighted by molar-refractivity contribution is 9.10. The Kier molecular flexibility index (Phi) is 6.60. The zero-order chi connectivity index (χ0) is 21.2. The fourth-order valence-corrected chi connectivity index (χ4v) is 5.35. The van der Waals surface area contributed by atoms with Gasteiger partial charge >= 0.3 is 0 Å². The number of nitrogens with one attached hydrogen (secondary N) is 1. The van der Waals surface area contributed by atoms with E-state index in [1.165, 1.54) is 23.5 Å². The SMILES string of the molecule is COc1ccc(C)cc1S(=O)(=O)N1CCC(C(=O)Nc2ccc(Br)cc2F)CC1. The van der Waals surface area contributed by atoms with E-state index in [9.17, 15) is 17.6 Å². The lowest BCUT2D eigenvalue weighted by Gasteiger charge is -2.31. The molecule has 2 aromatic carbocycles. The van der Waals surface area contributed by atoms with Crippen molar-refractivity contribution in [3.8, 4) is 5.75 Å². The number of halogens is 2. The Morgan fingerprint density at radius 1 is 1.21 bits per heavy atom. The molecule has 1 fully saturated rings. The lowest BCUT2D eigenvalue weighted by Crippen LogP contribution is -2.41. The highest BCUT2D eigenvalue weighted by Crippen LogP contribution is 2.31. The number of amides is 1. The number of piperidine rings is 1. The third-order valence-corrected chi connectivity index (χ3v) is 7.36. The molecule has 0 saturated carbocycles. The van der Waals surface area contributed by atoms with Gasteiger partial charge < -0.3 is 10.1 Å². The van der Waals surface area contributed by atoms with E-state index in [2.05, 4.69) is 21.2 Å². The Morgan fingerprint density at radius 3 is 2.52 bits per heavy atom. The van der Waals surface area contributed by atoms with Crippen LogP contribution in [0, 0.1) is 18.7 Å². The molecule has 1 aliphatic heterocycles. The molecule has 1 saturated heterocycles. The summed E-state index contributed by atoms with van der Waals surface area (Å²) in [4.78, 5) is 12.6. The van der Waals surface area contributed by atoms with Crippen LogP contribution in [0.15, 0.2) is 45.8 Å². The topological polar surface area (TPSA) is 75.7 Å². The van der Waals surface area contributed by atoms with Crippen LogP contribution in [-0.2, 0) is 14.8 Å². The summed E-state index contributed by atoms with van der Waals surface area (Å²) in [7, 11) is -2.30. The molecule has 0 bridgehead atoms. The van der Waals surface area contributed by atoms with Gasteiger partial charge in [0.25, 0.3) is 0 Å². The molecular weight excluding hydrogens is 463 g/mol. The van der Waals surface area contributed by atoms with Crippen LogP contribution in [0.4, 0.5) is 10.1 Å². The van der Waals surface area contributed by atoms with Crippen LogP contribution < -0.4 is 10.1 Å². The molecule has 1 N–H and O–H groups in total. The first kappa shape index (κ1) is 21.7. The number of carbonyl (C=O) groups excluding carboxylic acids is 1. The van der Waals surface area contributed by atoms with Crippen molar-refractivity contribution < 1.29 is 22.3 Å². The Bertz CT molecular complexity index is 1020. The van der Waals surface area contributed by atoms with E-state index in [4.69, 9.17) is 4.74 Å². The maximum absolute atomic E-state index is 13.9. The fourth-order valence-electron chi connectivity index (χ4n) is 3.31. The van der Waals surface area contributed by atoms with E-state index in [1.54, 1.807) is 24.3 Å². The van der Waals surface area contributed by atoms with Crippen LogP contribution in [0.3, 0.4) is 0 Å². The quantitative estimate of drug-likeness (QED) is 0.696. The van der Waals surface area contributed by atoms with Crippen molar-refractivity contribution in [2.75, 3.05) is 25.5 Å². The molecule has 0 atom stereocenters. The number of anilines is 1. The van der Waals surface area contributed by atoms with E-state index in [0.29, 0.717) is 23.1 Å². The second kappa shape index (κ2) is 8.81. The van der Waals surface area contributed by atoms with Gasteiger partial charge in [-0.3, -0.25) is 4.79 Å². The Balaban J connectivity index is 1.68. The molecule has 3 rings (SSSR count). The highest BCUT2D eigenvalue weighted by atomic mass is 79.9. The Hall–Kier alpha value is -1.97. The van der Waals surface area contributed by atoms with Gasteiger partial charge in [0.2, 0.25) is 15.9 Å². The van der Waals surface area contributed by atoms with Gasteiger partial charge in [-0.25, -0.2) is 12.8 Å². The van der Waals surface area contributed by atoms with Gasteiger partial charge in [-0.05, 0) is 55.7 Å². The largest absolute Gasteiger partial charge is 0.495 e. The predicted octanol–water partition coefficient (Wildman–Crippen LogP) is 3.94. The van der Waals surface area contributed by atoms with Gasteiger partial charge in [0.05, 0.1) is 12.8 Å². The van der Waals surface area contributed by atoms with Crippen LogP contribution in [0.1, 0.15) is 18.4 Å². The summed E-state index contributed by atoms with van der Waals surface area (Å²) in [5.74, 6) is -0.930. The Morgan fingerprint density at radius 2 is 1.90 bits per heavy atom. The molecule has 1 heterocycles. The van der Waals surface area contributed by atoms with E-state index in [-0.39, 0.29) is 35.5 Å². The summed E-state index contributed by atoms with van der Waals surface area (Å²) >= 11 is 3.17. The van der Waals surface area contributed by atoms with Crippen molar-refractivity contribution in [2.45, 2.75) is 24.7 Å². The van der Waals surface area contributed by atoms with Crippen molar-refractivity contribution in [3.63, 3.8) is 0 Å². The van der Waals surface area contributed by atoms with E-state index in [1.807, 2.05) is 6.92 Å². The number of methoxy groups -OCH3 is 1. The molecule has 9 heteroatoms. The molecule has 1 amide bonds. The third kappa shape index (κ3) is 4.79. The zero-order valence-electron chi connectivity index (χ0n) is 16.1. The van der Waals surface area contributed by atoms with Crippen LogP contribution in [0.2, 0.25) is 0 Å². The second-order valence-electron chi connectivity index (χ2n) is 6.95. The molecule has 2 aromatic rings. The number of sulfonamides is 1. The zero-order valence-corrected chi connectivity index (χ0v) is 18.5. The Labute approximate surface area is 178 Å². The summed E-state index contributed by atoms with van der Waals surface area (Å²) in [6, 6.07) is 9.41. The number of benzene rings is 2. The van der Waals surface area contributed by atoms with Crippen LogP contribution in [-0.4, -0.2) is 38.8 Å². The van der Waals surface area contributed by atoms with Gasteiger partial charge in [-0.15, -0.1) is 0 Å². The lowest BCUT2D eigenvalue weighted by molar-refractivity contribution is -0.120. The van der Waals surface area contributed by atoms with Gasteiger partial charge in [0.1, 0.15) is 16.5 Å². The number of ether oxygens (including phenoxy) is 1. The number of nitrogens with zero attached hydrogens (tertiary/aromatic N) is 1. The minimum atomic E-state index is -3.74. The van der Waals surface area contributed by atoms with Crippen molar-refractivity contribution in [1.29, 1.82) is 0 Å². The summed E-state index contributed by atoms with van der Waals surface area (Å²) < 4.78 is 47.2. The van der Waals surface area contributed by atoms with E-state index in [0.717, 1.165) is 5.56 Å². The average Bonchev–Trinajstić information content (AvgIpc) is 2.70. The second-order valence-corrected chi connectivity index (χ2v) is 9.77. The number of carbonyl (C=O) groups is 1. The maximum atomic E-state index is 13.9. The fraction of sp³-hybridized carbons (Fsp3) is 0.350. The molecule has 6 nitrogen and oxygen atoms in total. The predicted molar refractivity (Wildman–Crippen MR) is 112 cm³/mol. The molecule has 156 valence electrons. The first-order valence-electron chi connectivity index (χ1n) is 9.13. The number of rotatable bonds is 5. The summed E-state index contributed by atoms with van der Waals surface area (Å²) in [6.07, 6.45) is 0.717. The van der Waals surface area contributed by atoms with Crippen LogP contribution in [0.5, 0.6) is 5.75 Å². The van der Waals surface area contributed by atoms with Crippen molar-refractivity contribution in [3.05, 3.63) is 52.3 Å². The van der Waals surface area contributed by atoms with Gasteiger partial charge in [-0.2, -0.15) is 4.31 Å². The lowest BCUT2D eigenvalue weighted by atomic mass is 9.97. The monoisotopic (exact) mass is 484 g/mol. The van der Waals surface area contributed by atoms with Crippen molar-refractivity contribution in [1.82, 2.24) is 4.31 Å².